The predicted molar refractivity (Wildman–Crippen MR) is 95.5 cm³/mol. The highest BCUT2D eigenvalue weighted by molar-refractivity contribution is 5.94. The van der Waals surface area contributed by atoms with Crippen LogP contribution in [0.1, 0.15) is 32.1 Å². The highest BCUT2D eigenvalue weighted by Crippen LogP contribution is 2.28. The van der Waals surface area contributed by atoms with Crippen LogP contribution in [-0.2, 0) is 0 Å². The van der Waals surface area contributed by atoms with Crippen molar-refractivity contribution >= 4 is 17.4 Å². The van der Waals surface area contributed by atoms with E-state index in [0.29, 0.717) is 18.5 Å². The molecular formula is C18H24N4O3. The van der Waals surface area contributed by atoms with Crippen LogP contribution in [0.25, 0.3) is 0 Å². The van der Waals surface area contributed by atoms with Crippen LogP contribution in [0.5, 0.6) is 0 Å². The summed E-state index contributed by atoms with van der Waals surface area (Å²) in [5, 5.41) is 23.8. The molecule has 0 spiro atoms. The number of benzene rings is 1. The number of hydrogen-bond donors (Lipinski definition) is 4. The molecular weight excluding hydrogens is 320 g/mol. The molecule has 1 saturated heterocycles. The number of nitrogens with zero attached hydrogens (tertiary/aromatic N) is 2. The Morgan fingerprint density at radius 2 is 1.76 bits per heavy atom. The van der Waals surface area contributed by atoms with Gasteiger partial charge in [0, 0.05) is 18.8 Å². The van der Waals surface area contributed by atoms with E-state index in [9.17, 15) is 4.79 Å². The molecule has 0 bridgehead atoms. The first kappa shape index (κ1) is 17.3. The van der Waals surface area contributed by atoms with Crippen LogP contribution in [0.4, 0.5) is 16.2 Å². The van der Waals surface area contributed by atoms with Gasteiger partial charge in [-0.15, -0.1) is 5.23 Å². The molecule has 0 atom stereocenters. The van der Waals surface area contributed by atoms with Crippen molar-refractivity contribution in [3.8, 4) is 0 Å². The summed E-state index contributed by atoms with van der Waals surface area (Å²) in [6.45, 7) is 2.02. The number of allylic oxidation sites excluding steroid dienone is 4. The Morgan fingerprint density at radius 3 is 2.44 bits per heavy atom. The van der Waals surface area contributed by atoms with E-state index in [-0.39, 0.29) is 11.3 Å². The van der Waals surface area contributed by atoms with Crippen molar-refractivity contribution in [2.24, 2.45) is 0 Å². The summed E-state index contributed by atoms with van der Waals surface area (Å²) in [7, 11) is 0. The molecule has 0 radical (unpaired) electrons. The summed E-state index contributed by atoms with van der Waals surface area (Å²) in [5.74, 6) is 0. The van der Waals surface area contributed by atoms with Gasteiger partial charge >= 0.3 is 6.03 Å². The molecule has 1 heterocycles. The predicted octanol–water partition coefficient (Wildman–Crippen LogP) is 3.44. The van der Waals surface area contributed by atoms with Crippen LogP contribution in [-0.4, -0.2) is 34.8 Å². The van der Waals surface area contributed by atoms with E-state index in [0.717, 1.165) is 30.2 Å². The van der Waals surface area contributed by atoms with E-state index in [1.165, 1.54) is 19.3 Å². The first-order chi connectivity index (χ1) is 12.1. The summed E-state index contributed by atoms with van der Waals surface area (Å²) in [4.78, 5) is 14.6. The quantitative estimate of drug-likeness (QED) is 0.629. The minimum atomic E-state index is -0.294. The third kappa shape index (κ3) is 4.52. The van der Waals surface area contributed by atoms with Gasteiger partial charge in [0.2, 0.25) is 0 Å². The van der Waals surface area contributed by atoms with Gasteiger partial charge in [0.1, 0.15) is 0 Å². The lowest BCUT2D eigenvalue weighted by Crippen LogP contribution is -2.32. The normalized spacial score (nSPS) is 17.4. The van der Waals surface area contributed by atoms with Gasteiger partial charge in [-0.2, -0.15) is 0 Å². The van der Waals surface area contributed by atoms with Gasteiger partial charge in [-0.3, -0.25) is 10.4 Å². The Balaban J connectivity index is 1.64. The first-order valence-electron chi connectivity index (χ1n) is 8.63. The zero-order chi connectivity index (χ0) is 17.6. The fourth-order valence-electron chi connectivity index (χ4n) is 3.19. The van der Waals surface area contributed by atoms with Gasteiger partial charge < -0.3 is 15.5 Å². The first-order valence-corrected chi connectivity index (χ1v) is 8.63. The van der Waals surface area contributed by atoms with Crippen LogP contribution in [0.3, 0.4) is 0 Å². The van der Waals surface area contributed by atoms with Crippen molar-refractivity contribution < 1.29 is 15.2 Å². The zero-order valence-corrected chi connectivity index (χ0v) is 14.1. The second-order valence-corrected chi connectivity index (χ2v) is 6.28. The number of para-hydroxylation sites is 2. The SMILES string of the molecule is O=C(NC1=CC=C(N(O)O)CC1)Nc1ccccc1N1CCCCC1. The van der Waals surface area contributed by atoms with Crippen LogP contribution in [0.2, 0.25) is 0 Å². The van der Waals surface area contributed by atoms with Crippen molar-refractivity contribution in [2.75, 3.05) is 23.3 Å². The number of carbonyl (C=O) groups excluding carboxylic acids is 1. The third-order valence-corrected chi connectivity index (χ3v) is 4.51. The maximum Gasteiger partial charge on any atom is 0.323 e. The topological polar surface area (TPSA) is 88.1 Å². The molecule has 7 heteroatoms. The number of rotatable bonds is 4. The van der Waals surface area contributed by atoms with Crippen molar-refractivity contribution in [1.82, 2.24) is 10.5 Å². The highest BCUT2D eigenvalue weighted by Gasteiger charge is 2.16. The Hall–Kier alpha value is -2.51. The summed E-state index contributed by atoms with van der Waals surface area (Å²) < 4.78 is 0. The number of hydroxylamine groups is 2. The number of hydrogen-bond acceptors (Lipinski definition) is 5. The van der Waals surface area contributed by atoms with Crippen LogP contribution in [0, 0.1) is 0 Å². The molecule has 1 aliphatic carbocycles. The van der Waals surface area contributed by atoms with E-state index in [1.54, 1.807) is 12.2 Å². The van der Waals surface area contributed by atoms with E-state index in [1.807, 2.05) is 24.3 Å². The van der Waals surface area contributed by atoms with E-state index >= 15 is 0 Å². The molecule has 134 valence electrons. The Kier molecular flexibility index (Phi) is 5.57. The molecule has 2 amide bonds. The van der Waals surface area contributed by atoms with Gasteiger partial charge in [-0.05, 0) is 56.4 Å². The highest BCUT2D eigenvalue weighted by atomic mass is 16.8. The van der Waals surface area contributed by atoms with Crippen molar-refractivity contribution in [3.05, 3.63) is 47.8 Å². The van der Waals surface area contributed by atoms with Crippen LogP contribution in [0.15, 0.2) is 47.8 Å². The van der Waals surface area contributed by atoms with Gasteiger partial charge in [0.25, 0.3) is 0 Å². The molecule has 1 fully saturated rings. The molecule has 1 aliphatic heterocycles. The fraction of sp³-hybridized carbons (Fsp3) is 0.389. The summed E-state index contributed by atoms with van der Waals surface area (Å²) in [6.07, 6.45) is 7.84. The number of nitrogens with one attached hydrogen (secondary N) is 2. The Morgan fingerprint density at radius 1 is 1.00 bits per heavy atom. The smallest absolute Gasteiger partial charge is 0.323 e. The second-order valence-electron chi connectivity index (χ2n) is 6.28. The minimum absolute atomic E-state index is 0.113. The summed E-state index contributed by atoms with van der Waals surface area (Å²) in [6, 6.07) is 7.55. The number of anilines is 2. The van der Waals surface area contributed by atoms with Gasteiger partial charge in [0.05, 0.1) is 17.1 Å². The van der Waals surface area contributed by atoms with Crippen molar-refractivity contribution in [3.63, 3.8) is 0 Å². The van der Waals surface area contributed by atoms with Crippen LogP contribution >= 0.6 is 0 Å². The van der Waals surface area contributed by atoms with Gasteiger partial charge in [-0.25, -0.2) is 4.79 Å². The molecule has 1 aromatic rings. The Labute approximate surface area is 147 Å². The number of carbonyl (C=O) groups is 1. The van der Waals surface area contributed by atoms with Gasteiger partial charge in [0.15, 0.2) is 0 Å². The fourth-order valence-corrected chi connectivity index (χ4v) is 3.19. The maximum atomic E-state index is 12.3. The van der Waals surface area contributed by atoms with E-state index < -0.39 is 0 Å². The molecule has 1 aromatic carbocycles. The average Bonchev–Trinajstić information content (AvgIpc) is 2.63. The number of amides is 2. The zero-order valence-electron chi connectivity index (χ0n) is 14.1. The largest absolute Gasteiger partial charge is 0.370 e. The molecule has 2 aliphatic rings. The van der Waals surface area contributed by atoms with Crippen LogP contribution < -0.4 is 15.5 Å². The Bertz CT molecular complexity index is 679. The lowest BCUT2D eigenvalue weighted by Gasteiger charge is -2.30. The lowest BCUT2D eigenvalue weighted by molar-refractivity contribution is -0.280. The van der Waals surface area contributed by atoms with Gasteiger partial charge in [-0.1, -0.05) is 12.1 Å². The molecule has 25 heavy (non-hydrogen) atoms. The molecule has 0 saturated carbocycles. The standard InChI is InChI=1S/C18H24N4O3/c23-18(19-14-8-10-15(11-9-14)22(24)25)20-16-6-2-3-7-17(16)21-12-4-1-5-13-21/h2-3,6-8,10,24-25H,1,4-5,9,11-13H2,(H2,19,20,23). The maximum absolute atomic E-state index is 12.3. The van der Waals surface area contributed by atoms with E-state index in [2.05, 4.69) is 15.5 Å². The molecule has 0 unspecified atom stereocenters. The van der Waals surface area contributed by atoms with Crippen molar-refractivity contribution in [2.45, 2.75) is 32.1 Å². The lowest BCUT2D eigenvalue weighted by atomic mass is 10.1. The molecule has 0 aromatic heterocycles. The second kappa shape index (κ2) is 8.04. The molecule has 7 nitrogen and oxygen atoms in total. The summed E-state index contributed by atoms with van der Waals surface area (Å²) >= 11 is 0. The molecule has 3 rings (SSSR count). The van der Waals surface area contributed by atoms with Crippen molar-refractivity contribution in [1.29, 1.82) is 0 Å². The monoisotopic (exact) mass is 344 g/mol. The number of urea groups is 1. The summed E-state index contributed by atoms with van der Waals surface area (Å²) in [5.41, 5.74) is 2.97. The third-order valence-electron chi connectivity index (χ3n) is 4.51. The average molecular weight is 344 g/mol. The molecule has 4 N–H and O–H groups in total. The number of piperidine rings is 1. The van der Waals surface area contributed by atoms with E-state index in [4.69, 9.17) is 10.4 Å². The minimum Gasteiger partial charge on any atom is -0.370 e.